The van der Waals surface area contributed by atoms with Crippen LogP contribution in [0.1, 0.15) is 43.6 Å². The lowest BCUT2D eigenvalue weighted by Gasteiger charge is -2.31. The summed E-state index contributed by atoms with van der Waals surface area (Å²) in [5, 5.41) is 7.26. The van der Waals surface area contributed by atoms with E-state index in [2.05, 4.69) is 24.3 Å². The summed E-state index contributed by atoms with van der Waals surface area (Å²) < 4.78 is 21.5. The van der Waals surface area contributed by atoms with Gasteiger partial charge in [0.1, 0.15) is 11.6 Å². The molecule has 0 saturated carbocycles. The fourth-order valence-electron chi connectivity index (χ4n) is 3.76. The highest BCUT2D eigenvalue weighted by Gasteiger charge is 2.32. The van der Waals surface area contributed by atoms with E-state index in [1.807, 2.05) is 17.9 Å². The first kappa shape index (κ1) is 19.2. The van der Waals surface area contributed by atoms with Gasteiger partial charge in [0.2, 0.25) is 0 Å². The van der Waals surface area contributed by atoms with Crippen molar-refractivity contribution >= 4 is 6.03 Å². The Balaban J connectivity index is 1.82. The van der Waals surface area contributed by atoms with Crippen LogP contribution < -0.4 is 10.1 Å². The van der Waals surface area contributed by atoms with E-state index in [4.69, 9.17) is 4.74 Å². The fraction of sp³-hybridized carbons (Fsp3) is 0.500. The molecule has 2 aromatic rings. The number of amides is 2. The Hall–Kier alpha value is -2.57. The lowest BCUT2D eigenvalue weighted by atomic mass is 9.87. The molecule has 6 nitrogen and oxygen atoms in total. The van der Waals surface area contributed by atoms with Crippen LogP contribution in [0.15, 0.2) is 24.4 Å². The first-order chi connectivity index (χ1) is 12.7. The number of hydrogen-bond acceptors (Lipinski definition) is 3. The molecule has 2 heterocycles. The molecule has 0 saturated heterocycles. The second-order valence-corrected chi connectivity index (χ2v) is 7.96. The van der Waals surface area contributed by atoms with Crippen molar-refractivity contribution in [2.45, 2.75) is 39.8 Å². The summed E-state index contributed by atoms with van der Waals surface area (Å²) in [5.74, 6) is 0.0291. The number of nitrogens with one attached hydrogen (secondary N) is 1. The molecule has 0 aliphatic carbocycles. The number of ether oxygens (including phenoxy) is 1. The zero-order chi connectivity index (χ0) is 19.8. The van der Waals surface area contributed by atoms with Gasteiger partial charge >= 0.3 is 6.03 Å². The number of benzene rings is 1. The summed E-state index contributed by atoms with van der Waals surface area (Å²) in [6.45, 7) is 7.13. The van der Waals surface area contributed by atoms with Crippen LogP contribution in [-0.4, -0.2) is 34.4 Å². The van der Waals surface area contributed by atoms with Crippen LogP contribution >= 0.6 is 0 Å². The number of nitrogens with zero attached hydrogens (tertiary/aromatic N) is 3. The molecular weight excluding hydrogens is 347 g/mol. The molecule has 146 valence electrons. The molecule has 0 bridgehead atoms. The van der Waals surface area contributed by atoms with Gasteiger partial charge in [-0.25, -0.2) is 9.18 Å². The Kier molecular flexibility index (Phi) is 5.13. The molecular formula is C20H27FN4O2. The van der Waals surface area contributed by atoms with Crippen LogP contribution in [0, 0.1) is 11.2 Å². The Labute approximate surface area is 159 Å². The first-order valence-electron chi connectivity index (χ1n) is 9.09. The zero-order valence-electron chi connectivity index (χ0n) is 16.5. The number of rotatable bonds is 3. The second kappa shape index (κ2) is 7.21. The minimum atomic E-state index is -0.520. The van der Waals surface area contributed by atoms with E-state index < -0.39 is 11.9 Å². The normalized spacial score (nSPS) is 17.0. The molecule has 0 fully saturated rings. The van der Waals surface area contributed by atoms with Crippen molar-refractivity contribution < 1.29 is 13.9 Å². The third-order valence-corrected chi connectivity index (χ3v) is 5.07. The number of halogens is 1. The number of aromatic nitrogens is 2. The van der Waals surface area contributed by atoms with E-state index in [-0.39, 0.29) is 11.4 Å². The van der Waals surface area contributed by atoms with E-state index in [0.717, 1.165) is 17.7 Å². The van der Waals surface area contributed by atoms with Crippen LogP contribution in [0.4, 0.5) is 9.18 Å². The van der Waals surface area contributed by atoms with Gasteiger partial charge in [0.05, 0.1) is 31.5 Å². The highest BCUT2D eigenvalue weighted by Crippen LogP contribution is 2.31. The van der Waals surface area contributed by atoms with Crippen LogP contribution in [0.3, 0.4) is 0 Å². The molecule has 1 atom stereocenters. The maximum absolute atomic E-state index is 14.3. The van der Waals surface area contributed by atoms with Crippen molar-refractivity contribution in [3.05, 3.63) is 47.0 Å². The van der Waals surface area contributed by atoms with Crippen molar-refractivity contribution in [1.82, 2.24) is 20.0 Å². The molecule has 7 heteroatoms. The van der Waals surface area contributed by atoms with E-state index in [1.165, 1.54) is 13.2 Å². The zero-order valence-corrected chi connectivity index (χ0v) is 16.5. The Bertz CT molecular complexity index is 847. The van der Waals surface area contributed by atoms with Crippen molar-refractivity contribution in [3.63, 3.8) is 0 Å². The van der Waals surface area contributed by atoms with Crippen molar-refractivity contribution in [2.75, 3.05) is 13.7 Å². The van der Waals surface area contributed by atoms with Crippen molar-refractivity contribution in [1.29, 1.82) is 0 Å². The van der Waals surface area contributed by atoms with Gasteiger partial charge in [-0.3, -0.25) is 4.68 Å². The maximum atomic E-state index is 14.3. The molecule has 2 amide bonds. The molecule has 1 aliphatic heterocycles. The van der Waals surface area contributed by atoms with Crippen LogP contribution in [0.5, 0.6) is 5.75 Å². The smallest absolute Gasteiger partial charge is 0.318 e. The number of aryl methyl sites for hydroxylation is 1. The molecule has 0 radical (unpaired) electrons. The quantitative estimate of drug-likeness (QED) is 0.896. The van der Waals surface area contributed by atoms with Gasteiger partial charge in [-0.2, -0.15) is 5.10 Å². The Morgan fingerprint density at radius 2 is 2.15 bits per heavy atom. The Morgan fingerprint density at radius 1 is 1.41 bits per heavy atom. The number of carbonyl (C=O) groups is 1. The lowest BCUT2D eigenvalue weighted by Crippen LogP contribution is -2.44. The van der Waals surface area contributed by atoms with Gasteiger partial charge in [0, 0.05) is 24.8 Å². The number of carbonyl (C=O) groups excluding carboxylic acids is 1. The largest absolute Gasteiger partial charge is 0.496 e. The third kappa shape index (κ3) is 3.91. The summed E-state index contributed by atoms with van der Waals surface area (Å²) in [5.41, 5.74) is 2.47. The van der Waals surface area contributed by atoms with E-state index in [1.54, 1.807) is 24.0 Å². The summed E-state index contributed by atoms with van der Waals surface area (Å²) in [4.78, 5) is 14.7. The van der Waals surface area contributed by atoms with E-state index in [0.29, 0.717) is 24.4 Å². The molecule has 0 spiro atoms. The second-order valence-electron chi connectivity index (χ2n) is 7.96. The highest BCUT2D eigenvalue weighted by molar-refractivity contribution is 5.75. The summed E-state index contributed by atoms with van der Waals surface area (Å²) in [7, 11) is 3.42. The average Bonchev–Trinajstić information content (AvgIpc) is 2.85. The van der Waals surface area contributed by atoms with Gasteiger partial charge in [0.25, 0.3) is 0 Å². The monoisotopic (exact) mass is 374 g/mol. The topological polar surface area (TPSA) is 59.4 Å². The standard InChI is InChI=1S/C20H27FN4O2/c1-13(18-15(21)7-6-8-17(18)27-5)23-19(26)25-11-14-10-22-24(4)16(14)9-20(2,3)12-25/h6-8,10,13H,9,11-12H2,1-5H3,(H,23,26). The molecule has 1 aromatic heterocycles. The predicted molar refractivity (Wildman–Crippen MR) is 101 cm³/mol. The van der Waals surface area contributed by atoms with Crippen LogP contribution in [-0.2, 0) is 20.0 Å². The van der Waals surface area contributed by atoms with Gasteiger partial charge < -0.3 is 15.0 Å². The summed E-state index contributed by atoms with van der Waals surface area (Å²) >= 11 is 0. The lowest BCUT2D eigenvalue weighted by molar-refractivity contribution is 0.165. The van der Waals surface area contributed by atoms with Crippen LogP contribution in [0.25, 0.3) is 0 Å². The molecule has 3 rings (SSSR count). The van der Waals surface area contributed by atoms with Crippen LogP contribution in [0.2, 0.25) is 0 Å². The number of fused-ring (bicyclic) bond motifs is 1. The average molecular weight is 374 g/mol. The first-order valence-corrected chi connectivity index (χ1v) is 9.09. The number of methoxy groups -OCH3 is 1. The van der Waals surface area contributed by atoms with E-state index >= 15 is 0 Å². The van der Waals surface area contributed by atoms with Crippen molar-refractivity contribution in [2.24, 2.45) is 12.5 Å². The van der Waals surface area contributed by atoms with Crippen molar-refractivity contribution in [3.8, 4) is 5.75 Å². The maximum Gasteiger partial charge on any atom is 0.318 e. The van der Waals surface area contributed by atoms with Gasteiger partial charge in [0.15, 0.2) is 0 Å². The van der Waals surface area contributed by atoms with Gasteiger partial charge in [-0.15, -0.1) is 0 Å². The molecule has 1 aromatic carbocycles. The minimum absolute atomic E-state index is 0.0880. The fourth-order valence-corrected chi connectivity index (χ4v) is 3.76. The Morgan fingerprint density at radius 3 is 2.85 bits per heavy atom. The number of hydrogen-bond donors (Lipinski definition) is 1. The minimum Gasteiger partial charge on any atom is -0.496 e. The highest BCUT2D eigenvalue weighted by atomic mass is 19.1. The third-order valence-electron chi connectivity index (χ3n) is 5.07. The van der Waals surface area contributed by atoms with Gasteiger partial charge in [-0.1, -0.05) is 19.9 Å². The summed E-state index contributed by atoms with van der Waals surface area (Å²) in [6.07, 6.45) is 2.67. The SMILES string of the molecule is COc1cccc(F)c1C(C)NC(=O)N1Cc2cnn(C)c2CC(C)(C)C1. The molecule has 1 N–H and O–H groups in total. The molecule has 1 unspecified atom stereocenters. The molecule has 1 aliphatic rings. The predicted octanol–water partition coefficient (Wildman–Crippen LogP) is 3.42. The number of urea groups is 1. The van der Waals surface area contributed by atoms with Gasteiger partial charge in [-0.05, 0) is 30.9 Å². The molecule has 27 heavy (non-hydrogen) atoms. The summed E-state index contributed by atoms with van der Waals surface area (Å²) in [6, 6.07) is 3.91. The van der Waals surface area contributed by atoms with E-state index in [9.17, 15) is 9.18 Å².